The molecular weight excluding hydrogens is 231 g/mol. The first kappa shape index (κ1) is 12.7. The summed E-state index contributed by atoms with van der Waals surface area (Å²) in [6, 6.07) is 5.30. The lowest BCUT2D eigenvalue weighted by atomic mass is 10.1. The van der Waals surface area contributed by atoms with Gasteiger partial charge in [0.1, 0.15) is 12.1 Å². The van der Waals surface area contributed by atoms with Crippen molar-refractivity contribution >= 4 is 0 Å². The van der Waals surface area contributed by atoms with Crippen molar-refractivity contribution in [2.75, 3.05) is 6.54 Å². The molecule has 0 atom stereocenters. The number of aryl methyl sites for hydroxylation is 2. The predicted octanol–water partition coefficient (Wildman–Crippen LogP) is 1.59. The van der Waals surface area contributed by atoms with Gasteiger partial charge in [0.25, 0.3) is 0 Å². The van der Waals surface area contributed by atoms with Crippen molar-refractivity contribution in [3.8, 4) is 0 Å². The summed E-state index contributed by atoms with van der Waals surface area (Å²) in [6.07, 6.45) is 2.46. The van der Waals surface area contributed by atoms with Crippen LogP contribution in [0.4, 0.5) is 4.39 Å². The minimum Gasteiger partial charge on any atom is -0.312 e. The molecule has 1 heterocycles. The van der Waals surface area contributed by atoms with Crippen molar-refractivity contribution in [3.63, 3.8) is 0 Å². The average Bonchev–Trinajstić information content (AvgIpc) is 2.75. The summed E-state index contributed by atoms with van der Waals surface area (Å²) in [5, 5.41) is 7.44. The molecule has 0 bridgehead atoms. The topological polar surface area (TPSA) is 42.7 Å². The molecule has 2 rings (SSSR count). The highest BCUT2D eigenvalue weighted by Crippen LogP contribution is 2.08. The second kappa shape index (κ2) is 5.73. The molecule has 0 fully saturated rings. The summed E-state index contributed by atoms with van der Waals surface area (Å²) >= 11 is 0. The number of hydrogen-bond donors (Lipinski definition) is 1. The van der Waals surface area contributed by atoms with Crippen molar-refractivity contribution < 1.29 is 4.39 Å². The molecule has 0 amide bonds. The monoisotopic (exact) mass is 248 g/mol. The van der Waals surface area contributed by atoms with Gasteiger partial charge >= 0.3 is 0 Å². The van der Waals surface area contributed by atoms with E-state index >= 15 is 0 Å². The Morgan fingerprint density at radius 1 is 1.39 bits per heavy atom. The molecule has 2 aromatic rings. The number of aromatic nitrogens is 3. The third kappa shape index (κ3) is 3.37. The number of hydrogen-bond acceptors (Lipinski definition) is 3. The molecule has 0 unspecified atom stereocenters. The quantitative estimate of drug-likeness (QED) is 0.817. The number of nitrogens with zero attached hydrogens (tertiary/aromatic N) is 3. The van der Waals surface area contributed by atoms with Gasteiger partial charge in [-0.2, -0.15) is 5.10 Å². The standard InChI is InChI=1S/C13H17FN4/c1-10-3-4-11(7-12(10)14)8-15-6-5-13-16-9-18(2)17-13/h3-4,7,9,15H,5-6,8H2,1-2H3. The van der Waals surface area contributed by atoms with Crippen molar-refractivity contribution in [3.05, 3.63) is 47.3 Å². The van der Waals surface area contributed by atoms with Gasteiger partial charge in [0.05, 0.1) is 0 Å². The lowest BCUT2D eigenvalue weighted by Crippen LogP contribution is -2.17. The number of nitrogens with one attached hydrogen (secondary N) is 1. The lowest BCUT2D eigenvalue weighted by molar-refractivity contribution is 0.610. The molecule has 0 radical (unpaired) electrons. The van der Waals surface area contributed by atoms with Gasteiger partial charge in [-0.05, 0) is 24.1 Å². The molecule has 18 heavy (non-hydrogen) atoms. The van der Waals surface area contributed by atoms with Crippen molar-refractivity contribution in [1.82, 2.24) is 20.1 Å². The zero-order chi connectivity index (χ0) is 13.0. The fourth-order valence-electron chi connectivity index (χ4n) is 1.68. The van der Waals surface area contributed by atoms with Crippen molar-refractivity contribution in [1.29, 1.82) is 0 Å². The normalized spacial score (nSPS) is 10.8. The number of benzene rings is 1. The van der Waals surface area contributed by atoms with Gasteiger partial charge in [0.2, 0.25) is 0 Å². The van der Waals surface area contributed by atoms with Crippen LogP contribution in [-0.4, -0.2) is 21.3 Å². The Kier molecular flexibility index (Phi) is 4.04. The first-order valence-corrected chi connectivity index (χ1v) is 5.95. The second-order valence-corrected chi connectivity index (χ2v) is 4.34. The molecule has 0 spiro atoms. The Balaban J connectivity index is 1.76. The molecule has 5 heteroatoms. The van der Waals surface area contributed by atoms with Crippen LogP contribution in [0.3, 0.4) is 0 Å². The zero-order valence-corrected chi connectivity index (χ0v) is 10.7. The van der Waals surface area contributed by atoms with Crippen molar-refractivity contribution in [2.24, 2.45) is 7.05 Å². The van der Waals surface area contributed by atoms with E-state index in [2.05, 4.69) is 15.4 Å². The van der Waals surface area contributed by atoms with E-state index in [1.165, 1.54) is 0 Å². The summed E-state index contributed by atoms with van der Waals surface area (Å²) < 4.78 is 15.0. The molecule has 96 valence electrons. The molecule has 1 aromatic heterocycles. The Morgan fingerprint density at radius 3 is 2.89 bits per heavy atom. The Hall–Kier alpha value is -1.75. The number of rotatable bonds is 5. The molecule has 0 saturated carbocycles. The maximum Gasteiger partial charge on any atom is 0.151 e. The van der Waals surface area contributed by atoms with Gasteiger partial charge in [-0.25, -0.2) is 9.37 Å². The third-order valence-electron chi connectivity index (χ3n) is 2.74. The fraction of sp³-hybridized carbons (Fsp3) is 0.385. The summed E-state index contributed by atoms with van der Waals surface area (Å²) in [5.74, 6) is 0.667. The molecule has 0 aliphatic heterocycles. The first-order chi connectivity index (χ1) is 8.65. The molecule has 0 aliphatic carbocycles. The Labute approximate surface area is 106 Å². The van der Waals surface area contributed by atoms with Gasteiger partial charge < -0.3 is 5.32 Å². The smallest absolute Gasteiger partial charge is 0.151 e. The maximum atomic E-state index is 13.3. The molecule has 4 nitrogen and oxygen atoms in total. The zero-order valence-electron chi connectivity index (χ0n) is 10.7. The van der Waals surface area contributed by atoms with Crippen LogP contribution in [0.25, 0.3) is 0 Å². The van der Waals surface area contributed by atoms with Crippen LogP contribution in [0.5, 0.6) is 0 Å². The first-order valence-electron chi connectivity index (χ1n) is 5.95. The van der Waals surface area contributed by atoms with E-state index in [9.17, 15) is 4.39 Å². The van der Waals surface area contributed by atoms with Gasteiger partial charge in [0.15, 0.2) is 5.82 Å². The van der Waals surface area contributed by atoms with Crippen molar-refractivity contribution in [2.45, 2.75) is 19.9 Å². The molecule has 0 saturated heterocycles. The fourth-order valence-corrected chi connectivity index (χ4v) is 1.68. The molecule has 1 aromatic carbocycles. The third-order valence-corrected chi connectivity index (χ3v) is 2.74. The van der Waals surface area contributed by atoms with Gasteiger partial charge in [0, 0.05) is 26.6 Å². The van der Waals surface area contributed by atoms with Crippen LogP contribution >= 0.6 is 0 Å². The van der Waals surface area contributed by atoms with E-state index in [-0.39, 0.29) is 5.82 Å². The van der Waals surface area contributed by atoms with E-state index in [1.54, 1.807) is 30.1 Å². The Bertz CT molecular complexity index is 521. The van der Waals surface area contributed by atoms with Crippen LogP contribution < -0.4 is 5.32 Å². The minimum absolute atomic E-state index is 0.152. The average molecular weight is 248 g/mol. The predicted molar refractivity (Wildman–Crippen MR) is 67.6 cm³/mol. The second-order valence-electron chi connectivity index (χ2n) is 4.34. The summed E-state index contributed by atoms with van der Waals surface area (Å²) in [4.78, 5) is 4.14. The largest absolute Gasteiger partial charge is 0.312 e. The summed E-state index contributed by atoms with van der Waals surface area (Å²) in [5.41, 5.74) is 1.63. The van der Waals surface area contributed by atoms with E-state index in [4.69, 9.17) is 0 Å². The van der Waals surface area contributed by atoms with Crippen LogP contribution in [0.2, 0.25) is 0 Å². The van der Waals surface area contributed by atoms with Crippen LogP contribution in [0.15, 0.2) is 24.5 Å². The van der Waals surface area contributed by atoms with E-state index in [0.717, 1.165) is 24.4 Å². The van der Waals surface area contributed by atoms with Gasteiger partial charge in [-0.15, -0.1) is 0 Å². The Morgan fingerprint density at radius 2 is 2.22 bits per heavy atom. The summed E-state index contributed by atoms with van der Waals surface area (Å²) in [7, 11) is 1.85. The van der Waals surface area contributed by atoms with Crippen LogP contribution in [0, 0.1) is 12.7 Å². The molecule has 0 aliphatic rings. The molecule has 1 N–H and O–H groups in total. The van der Waals surface area contributed by atoms with Gasteiger partial charge in [-0.3, -0.25) is 4.68 Å². The van der Waals surface area contributed by atoms with E-state index < -0.39 is 0 Å². The van der Waals surface area contributed by atoms with Gasteiger partial charge in [-0.1, -0.05) is 12.1 Å². The highest BCUT2D eigenvalue weighted by molar-refractivity contribution is 5.23. The maximum absolute atomic E-state index is 13.3. The highest BCUT2D eigenvalue weighted by atomic mass is 19.1. The van der Waals surface area contributed by atoms with Crippen LogP contribution in [0.1, 0.15) is 17.0 Å². The lowest BCUT2D eigenvalue weighted by Gasteiger charge is -2.04. The van der Waals surface area contributed by atoms with Crippen LogP contribution in [-0.2, 0) is 20.0 Å². The SMILES string of the molecule is Cc1ccc(CNCCc2ncn(C)n2)cc1F. The van der Waals surface area contributed by atoms with E-state index in [1.807, 2.05) is 13.1 Å². The van der Waals surface area contributed by atoms with E-state index in [0.29, 0.717) is 12.1 Å². The highest BCUT2D eigenvalue weighted by Gasteiger charge is 2.00. The number of halogens is 1. The summed E-state index contributed by atoms with van der Waals surface area (Å²) in [6.45, 7) is 3.20. The molecular formula is C13H17FN4. The minimum atomic E-state index is -0.152.